The van der Waals surface area contributed by atoms with Gasteiger partial charge in [0, 0.05) is 18.0 Å². The van der Waals surface area contributed by atoms with Gasteiger partial charge in [0.15, 0.2) is 6.29 Å². The number of halogens is 1. The van der Waals surface area contributed by atoms with Crippen LogP contribution < -0.4 is 0 Å². The van der Waals surface area contributed by atoms with Gasteiger partial charge in [0.1, 0.15) is 0 Å². The van der Waals surface area contributed by atoms with E-state index in [1.54, 1.807) is 0 Å². The zero-order chi connectivity index (χ0) is 15.4. The van der Waals surface area contributed by atoms with Crippen LogP contribution in [-0.4, -0.2) is 42.9 Å². The summed E-state index contributed by atoms with van der Waals surface area (Å²) in [5.74, 6) is 0.170. The number of nitrogens with zero attached hydrogens (tertiary/aromatic N) is 1. The summed E-state index contributed by atoms with van der Waals surface area (Å²) < 4.78 is 11.2. The molecule has 2 fully saturated rings. The average molecular weight is 324 g/mol. The first-order valence-electron chi connectivity index (χ1n) is 8.02. The largest absolute Gasteiger partial charge is 0.348 e. The van der Waals surface area contributed by atoms with E-state index in [4.69, 9.17) is 21.1 Å². The predicted octanol–water partition coefficient (Wildman–Crippen LogP) is 3.03. The normalized spacial score (nSPS) is 23.0. The van der Waals surface area contributed by atoms with Gasteiger partial charge in [-0.1, -0.05) is 29.8 Å². The van der Waals surface area contributed by atoms with Crippen LogP contribution in [0.2, 0.25) is 5.02 Å². The van der Waals surface area contributed by atoms with Crippen LogP contribution in [0.5, 0.6) is 0 Å². The number of carbonyl (C=O) groups excluding carboxylic acids is 1. The summed E-state index contributed by atoms with van der Waals surface area (Å²) in [7, 11) is 0. The Morgan fingerprint density at radius 1 is 1.23 bits per heavy atom. The molecule has 120 valence electrons. The van der Waals surface area contributed by atoms with Crippen molar-refractivity contribution in [1.82, 2.24) is 4.90 Å². The molecular formula is C17H22ClNO3. The fraction of sp³-hybridized carbons (Fsp3) is 0.588. The molecule has 0 radical (unpaired) electrons. The van der Waals surface area contributed by atoms with Crippen LogP contribution in [0.25, 0.3) is 0 Å². The van der Waals surface area contributed by atoms with Gasteiger partial charge in [-0.05, 0) is 37.3 Å². The quantitative estimate of drug-likeness (QED) is 0.855. The Balaban J connectivity index is 1.61. The maximum atomic E-state index is 12.6. The molecule has 0 spiro atoms. The van der Waals surface area contributed by atoms with Crippen molar-refractivity contribution in [1.29, 1.82) is 0 Å². The molecule has 0 bridgehead atoms. The van der Waals surface area contributed by atoms with E-state index < -0.39 is 0 Å². The van der Waals surface area contributed by atoms with Gasteiger partial charge in [0.25, 0.3) is 0 Å². The molecule has 2 saturated heterocycles. The number of carbonyl (C=O) groups is 1. The van der Waals surface area contributed by atoms with Crippen molar-refractivity contribution >= 4 is 17.5 Å². The molecule has 1 unspecified atom stereocenters. The number of aryl methyl sites for hydroxylation is 1. The number of ether oxygens (including phenoxy) is 2. The molecule has 1 aromatic rings. The number of hydrogen-bond acceptors (Lipinski definition) is 3. The summed E-state index contributed by atoms with van der Waals surface area (Å²) in [6, 6.07) is 7.77. The Morgan fingerprint density at radius 2 is 2.00 bits per heavy atom. The van der Waals surface area contributed by atoms with Gasteiger partial charge in [-0.15, -0.1) is 0 Å². The minimum absolute atomic E-state index is 0.0648. The lowest BCUT2D eigenvalue weighted by Gasteiger charge is -2.38. The molecule has 4 nitrogen and oxygen atoms in total. The van der Waals surface area contributed by atoms with Gasteiger partial charge in [0.2, 0.25) is 5.91 Å². The number of amides is 1. The number of hydrogen-bond donors (Lipinski definition) is 0. The van der Waals surface area contributed by atoms with Crippen molar-refractivity contribution in [2.24, 2.45) is 0 Å². The topological polar surface area (TPSA) is 38.8 Å². The first-order chi connectivity index (χ1) is 10.8. The van der Waals surface area contributed by atoms with E-state index in [-0.39, 0.29) is 18.2 Å². The first-order valence-corrected chi connectivity index (χ1v) is 8.39. The monoisotopic (exact) mass is 323 g/mol. The SMILES string of the molecule is O=C(CCc1ccccc1Cl)N1CCCCC1C1OCCO1. The molecule has 0 aliphatic carbocycles. The fourth-order valence-corrected chi connectivity index (χ4v) is 3.47. The van der Waals surface area contributed by atoms with E-state index in [1.165, 1.54) is 0 Å². The second-order valence-corrected chi connectivity index (χ2v) is 6.26. The van der Waals surface area contributed by atoms with E-state index in [1.807, 2.05) is 29.2 Å². The second-order valence-electron chi connectivity index (χ2n) is 5.85. The van der Waals surface area contributed by atoms with Gasteiger partial charge in [-0.25, -0.2) is 0 Å². The van der Waals surface area contributed by atoms with E-state index >= 15 is 0 Å². The molecule has 22 heavy (non-hydrogen) atoms. The minimum atomic E-state index is -0.246. The van der Waals surface area contributed by atoms with E-state index in [9.17, 15) is 4.79 Å². The highest BCUT2D eigenvalue weighted by atomic mass is 35.5. The number of piperidine rings is 1. The highest BCUT2D eigenvalue weighted by Crippen LogP contribution is 2.25. The second kappa shape index (κ2) is 7.44. The average Bonchev–Trinajstić information content (AvgIpc) is 3.08. The lowest BCUT2D eigenvalue weighted by Crippen LogP contribution is -2.50. The van der Waals surface area contributed by atoms with E-state index in [0.717, 1.165) is 36.4 Å². The molecule has 2 aliphatic rings. The van der Waals surface area contributed by atoms with Crippen molar-refractivity contribution < 1.29 is 14.3 Å². The maximum Gasteiger partial charge on any atom is 0.223 e. The number of benzene rings is 1. The van der Waals surface area contributed by atoms with Gasteiger partial charge in [-0.3, -0.25) is 4.79 Å². The summed E-state index contributed by atoms with van der Waals surface area (Å²) in [6.45, 7) is 2.06. The van der Waals surface area contributed by atoms with Gasteiger partial charge in [0.05, 0.1) is 19.3 Å². The van der Waals surface area contributed by atoms with Crippen LogP contribution in [0.3, 0.4) is 0 Å². The van der Waals surface area contributed by atoms with Crippen LogP contribution in [0.4, 0.5) is 0 Å². The lowest BCUT2D eigenvalue weighted by molar-refractivity contribution is -0.150. The Hall–Kier alpha value is -1.10. The highest BCUT2D eigenvalue weighted by Gasteiger charge is 2.35. The molecule has 2 heterocycles. The summed E-state index contributed by atoms with van der Waals surface area (Å²) >= 11 is 6.16. The number of rotatable bonds is 4. The lowest BCUT2D eigenvalue weighted by atomic mass is 10.00. The van der Waals surface area contributed by atoms with Crippen LogP contribution in [0.1, 0.15) is 31.2 Å². The Bertz CT molecular complexity index is 516. The maximum absolute atomic E-state index is 12.6. The van der Waals surface area contributed by atoms with Crippen molar-refractivity contribution in [2.75, 3.05) is 19.8 Å². The first kappa shape index (κ1) is 15.8. The van der Waals surface area contributed by atoms with Crippen molar-refractivity contribution in [3.05, 3.63) is 34.9 Å². The summed E-state index contributed by atoms with van der Waals surface area (Å²) in [5.41, 5.74) is 1.03. The van der Waals surface area contributed by atoms with Gasteiger partial charge < -0.3 is 14.4 Å². The molecule has 3 rings (SSSR count). The summed E-state index contributed by atoms with van der Waals surface area (Å²) in [6.07, 6.45) is 4.05. The molecule has 5 heteroatoms. The Labute approximate surface area is 136 Å². The minimum Gasteiger partial charge on any atom is -0.348 e. The van der Waals surface area contributed by atoms with Crippen molar-refractivity contribution in [3.63, 3.8) is 0 Å². The molecule has 1 aromatic carbocycles. The van der Waals surface area contributed by atoms with Crippen molar-refractivity contribution in [2.45, 2.75) is 44.4 Å². The molecule has 0 aromatic heterocycles. The van der Waals surface area contributed by atoms with Crippen LogP contribution in [0, 0.1) is 0 Å². The van der Waals surface area contributed by atoms with Crippen LogP contribution >= 0.6 is 11.6 Å². The van der Waals surface area contributed by atoms with Gasteiger partial charge in [-0.2, -0.15) is 0 Å². The third-order valence-corrected chi connectivity index (χ3v) is 4.77. The molecule has 1 amide bonds. The predicted molar refractivity (Wildman–Crippen MR) is 84.8 cm³/mol. The zero-order valence-electron chi connectivity index (χ0n) is 12.7. The zero-order valence-corrected chi connectivity index (χ0v) is 13.4. The van der Waals surface area contributed by atoms with Crippen molar-refractivity contribution in [3.8, 4) is 0 Å². The fourth-order valence-electron chi connectivity index (χ4n) is 3.24. The highest BCUT2D eigenvalue weighted by molar-refractivity contribution is 6.31. The molecular weight excluding hydrogens is 302 g/mol. The Morgan fingerprint density at radius 3 is 2.77 bits per heavy atom. The Kier molecular flexibility index (Phi) is 5.34. The summed E-state index contributed by atoms with van der Waals surface area (Å²) in [5, 5.41) is 0.730. The third-order valence-electron chi connectivity index (χ3n) is 4.40. The smallest absolute Gasteiger partial charge is 0.223 e. The standard InChI is InChI=1S/C17H22ClNO3/c18-14-6-2-1-5-13(14)8-9-16(20)19-10-4-3-7-15(19)17-21-11-12-22-17/h1-2,5-6,15,17H,3-4,7-12H2. The third kappa shape index (κ3) is 3.62. The molecule has 0 N–H and O–H groups in total. The van der Waals surface area contributed by atoms with E-state index in [2.05, 4.69) is 0 Å². The van der Waals surface area contributed by atoms with E-state index in [0.29, 0.717) is 26.1 Å². The van der Waals surface area contributed by atoms with Crippen LogP contribution in [-0.2, 0) is 20.7 Å². The number of likely N-dealkylation sites (tertiary alicyclic amines) is 1. The van der Waals surface area contributed by atoms with Gasteiger partial charge >= 0.3 is 0 Å². The molecule has 0 saturated carbocycles. The molecule has 1 atom stereocenters. The summed E-state index contributed by atoms with van der Waals surface area (Å²) in [4.78, 5) is 14.6. The van der Waals surface area contributed by atoms with Crippen LogP contribution in [0.15, 0.2) is 24.3 Å². The molecule has 2 aliphatic heterocycles.